The third-order valence-electron chi connectivity index (χ3n) is 2.79. The van der Waals surface area contributed by atoms with Crippen LogP contribution in [0.15, 0.2) is 18.2 Å². The number of nitrogen functional groups attached to an aromatic ring is 1. The molecule has 0 atom stereocenters. The third-order valence-corrected chi connectivity index (χ3v) is 5.01. The van der Waals surface area contributed by atoms with Crippen LogP contribution in [0, 0.1) is 0 Å². The number of sulfonamides is 1. The molecule has 8 heteroatoms. The van der Waals surface area contributed by atoms with Gasteiger partial charge in [0.05, 0.1) is 23.0 Å². The zero-order chi connectivity index (χ0) is 14.0. The Balaban J connectivity index is 2.02. The molecule has 19 heavy (non-hydrogen) atoms. The van der Waals surface area contributed by atoms with E-state index in [1.54, 1.807) is 12.1 Å². The molecule has 0 saturated carbocycles. The minimum Gasteiger partial charge on any atom is -0.399 e. The number of halogens is 1. The Hall–Kier alpha value is -1.31. The molecule has 104 valence electrons. The molecule has 6 nitrogen and oxygen atoms in total. The van der Waals surface area contributed by atoms with Gasteiger partial charge in [-0.3, -0.25) is 4.79 Å². The van der Waals surface area contributed by atoms with Crippen LogP contribution in [0.5, 0.6) is 0 Å². The molecule has 0 aliphatic carbocycles. The largest absolute Gasteiger partial charge is 0.399 e. The predicted molar refractivity (Wildman–Crippen MR) is 74.5 cm³/mol. The van der Waals surface area contributed by atoms with E-state index in [0.29, 0.717) is 29.4 Å². The van der Waals surface area contributed by atoms with Gasteiger partial charge in [0, 0.05) is 12.2 Å². The van der Waals surface area contributed by atoms with E-state index < -0.39 is 15.9 Å². The number of carbonyl (C=O) groups is 1. The van der Waals surface area contributed by atoms with Crippen LogP contribution in [0.3, 0.4) is 0 Å². The van der Waals surface area contributed by atoms with Crippen molar-refractivity contribution in [1.82, 2.24) is 4.31 Å². The topological polar surface area (TPSA) is 92.5 Å². The molecule has 0 unspecified atom stereocenters. The number of carbonyl (C=O) groups excluding carboxylic acids is 1. The van der Waals surface area contributed by atoms with Gasteiger partial charge in [-0.25, -0.2) is 8.42 Å². The monoisotopic (exact) mass is 303 g/mol. The van der Waals surface area contributed by atoms with Gasteiger partial charge in [-0.2, -0.15) is 4.31 Å². The summed E-state index contributed by atoms with van der Waals surface area (Å²) in [6, 6.07) is 4.70. The molecule has 1 aliphatic rings. The van der Waals surface area contributed by atoms with Crippen LogP contribution in [0.25, 0.3) is 0 Å². The molecule has 0 spiro atoms. The predicted octanol–water partition coefficient (Wildman–Crippen LogP) is 0.896. The van der Waals surface area contributed by atoms with E-state index in [1.807, 2.05) is 0 Å². The number of nitrogens with one attached hydrogen (secondary N) is 1. The highest BCUT2D eigenvalue weighted by atomic mass is 35.5. The van der Waals surface area contributed by atoms with Gasteiger partial charge < -0.3 is 11.1 Å². The second-order valence-electron chi connectivity index (χ2n) is 4.29. The van der Waals surface area contributed by atoms with Crippen LogP contribution in [0.2, 0.25) is 5.02 Å². The van der Waals surface area contributed by atoms with Gasteiger partial charge in [-0.1, -0.05) is 11.6 Å². The maximum atomic E-state index is 11.8. The van der Waals surface area contributed by atoms with E-state index in [4.69, 9.17) is 17.3 Å². The molecule has 0 aromatic heterocycles. The molecule has 1 amide bonds. The minimum absolute atomic E-state index is 0.100. The fraction of sp³-hybridized carbons (Fsp3) is 0.364. The van der Waals surface area contributed by atoms with E-state index >= 15 is 0 Å². The van der Waals surface area contributed by atoms with Crippen molar-refractivity contribution in [3.8, 4) is 0 Å². The number of nitrogens with two attached hydrogens (primary N) is 1. The molecular weight excluding hydrogens is 290 g/mol. The number of anilines is 2. The molecule has 1 aromatic rings. The third kappa shape index (κ3) is 3.37. The Bertz CT molecular complexity index is 603. The number of nitrogens with zero attached hydrogens (tertiary/aromatic N) is 1. The van der Waals surface area contributed by atoms with Gasteiger partial charge >= 0.3 is 0 Å². The maximum Gasteiger partial charge on any atom is 0.239 e. The summed E-state index contributed by atoms with van der Waals surface area (Å²) in [6.45, 7) is 0.189. The molecule has 1 aromatic carbocycles. The molecular formula is C11H14ClN3O3S. The van der Waals surface area contributed by atoms with Crippen molar-refractivity contribution in [2.75, 3.05) is 29.9 Å². The fourth-order valence-electron chi connectivity index (χ4n) is 1.85. The van der Waals surface area contributed by atoms with Crippen molar-refractivity contribution in [3.05, 3.63) is 23.2 Å². The summed E-state index contributed by atoms with van der Waals surface area (Å²) in [5.41, 5.74) is 6.45. The lowest BCUT2D eigenvalue weighted by molar-refractivity contribution is -0.116. The zero-order valence-corrected chi connectivity index (χ0v) is 11.7. The van der Waals surface area contributed by atoms with Crippen LogP contribution in [-0.4, -0.2) is 37.5 Å². The van der Waals surface area contributed by atoms with Crippen LogP contribution < -0.4 is 11.1 Å². The first-order chi connectivity index (χ1) is 8.88. The van der Waals surface area contributed by atoms with Crippen molar-refractivity contribution in [2.45, 2.75) is 6.42 Å². The molecule has 1 fully saturated rings. The SMILES string of the molecule is Nc1ccc(NC(=O)CN2CCCS2(=O)=O)c(Cl)c1. The van der Waals surface area contributed by atoms with Gasteiger partial charge in [0.1, 0.15) is 0 Å². The number of hydrogen-bond donors (Lipinski definition) is 2. The first-order valence-corrected chi connectivity index (χ1v) is 7.70. The number of rotatable bonds is 3. The summed E-state index contributed by atoms with van der Waals surface area (Å²) in [6.07, 6.45) is 0.554. The number of benzene rings is 1. The zero-order valence-electron chi connectivity index (χ0n) is 10.1. The molecule has 1 heterocycles. The van der Waals surface area contributed by atoms with Crippen LogP contribution >= 0.6 is 11.6 Å². The van der Waals surface area contributed by atoms with Crippen LogP contribution in [0.4, 0.5) is 11.4 Å². The second-order valence-corrected chi connectivity index (χ2v) is 6.79. The normalized spacial score (nSPS) is 18.4. The summed E-state index contributed by atoms with van der Waals surface area (Å²) < 4.78 is 24.3. The van der Waals surface area contributed by atoms with Crippen LogP contribution in [-0.2, 0) is 14.8 Å². The molecule has 0 bridgehead atoms. The fourth-order valence-corrected chi connectivity index (χ4v) is 3.56. The Morgan fingerprint density at radius 1 is 1.47 bits per heavy atom. The lowest BCUT2D eigenvalue weighted by atomic mass is 10.3. The quantitative estimate of drug-likeness (QED) is 0.811. The molecule has 3 N–H and O–H groups in total. The first kappa shape index (κ1) is 14.1. The molecule has 2 rings (SSSR count). The summed E-state index contributed by atoms with van der Waals surface area (Å²) in [5.74, 6) is -0.319. The minimum atomic E-state index is -3.27. The second kappa shape index (κ2) is 5.36. The van der Waals surface area contributed by atoms with Crippen molar-refractivity contribution in [3.63, 3.8) is 0 Å². The van der Waals surface area contributed by atoms with Crippen molar-refractivity contribution < 1.29 is 13.2 Å². The van der Waals surface area contributed by atoms with E-state index in [1.165, 1.54) is 10.4 Å². The average molecular weight is 304 g/mol. The van der Waals surface area contributed by atoms with Crippen molar-refractivity contribution in [2.24, 2.45) is 0 Å². The van der Waals surface area contributed by atoms with Gasteiger partial charge in [0.15, 0.2) is 0 Å². The highest BCUT2D eigenvalue weighted by Crippen LogP contribution is 2.24. The van der Waals surface area contributed by atoms with E-state index in [0.717, 1.165) is 0 Å². The van der Waals surface area contributed by atoms with Gasteiger partial charge in [-0.05, 0) is 24.6 Å². The highest BCUT2D eigenvalue weighted by molar-refractivity contribution is 7.89. The molecule has 1 saturated heterocycles. The number of hydrogen-bond acceptors (Lipinski definition) is 4. The van der Waals surface area contributed by atoms with E-state index in [9.17, 15) is 13.2 Å². The standard InChI is InChI=1S/C11H14ClN3O3S/c12-9-6-8(13)2-3-10(9)14-11(16)7-15-4-1-5-19(15,17)18/h2-3,6H,1,4-5,7,13H2,(H,14,16). The Morgan fingerprint density at radius 3 is 2.79 bits per heavy atom. The summed E-state index contributed by atoms with van der Waals surface area (Å²) in [7, 11) is -3.27. The lowest BCUT2D eigenvalue weighted by Crippen LogP contribution is -2.34. The van der Waals surface area contributed by atoms with E-state index in [-0.39, 0.29) is 12.3 Å². The van der Waals surface area contributed by atoms with Crippen molar-refractivity contribution in [1.29, 1.82) is 0 Å². The Labute approximate surface area is 116 Å². The van der Waals surface area contributed by atoms with Gasteiger partial charge in [0.25, 0.3) is 0 Å². The van der Waals surface area contributed by atoms with Crippen LogP contribution in [0.1, 0.15) is 6.42 Å². The Morgan fingerprint density at radius 2 is 2.21 bits per heavy atom. The van der Waals surface area contributed by atoms with E-state index in [2.05, 4.69) is 5.32 Å². The van der Waals surface area contributed by atoms with Crippen molar-refractivity contribution >= 4 is 38.9 Å². The first-order valence-electron chi connectivity index (χ1n) is 5.71. The summed E-state index contributed by atoms with van der Waals surface area (Å²) >= 11 is 5.92. The molecule has 1 aliphatic heterocycles. The highest BCUT2D eigenvalue weighted by Gasteiger charge is 2.29. The lowest BCUT2D eigenvalue weighted by Gasteiger charge is -2.14. The van der Waals surface area contributed by atoms with Gasteiger partial charge in [-0.15, -0.1) is 0 Å². The number of amides is 1. The maximum absolute atomic E-state index is 11.8. The van der Waals surface area contributed by atoms with Gasteiger partial charge in [0.2, 0.25) is 15.9 Å². The smallest absolute Gasteiger partial charge is 0.239 e. The molecule has 0 radical (unpaired) electrons. The Kier molecular flexibility index (Phi) is 3.98. The average Bonchev–Trinajstić information content (AvgIpc) is 2.62. The summed E-state index contributed by atoms with van der Waals surface area (Å²) in [4.78, 5) is 11.8. The summed E-state index contributed by atoms with van der Waals surface area (Å²) in [5, 5.41) is 2.89.